The van der Waals surface area contributed by atoms with Gasteiger partial charge in [0.05, 0.1) is 12.1 Å². The molecule has 1 aromatic heterocycles. The lowest BCUT2D eigenvalue weighted by Crippen LogP contribution is -2.27. The molecule has 0 unspecified atom stereocenters. The fourth-order valence-electron chi connectivity index (χ4n) is 1.96. The van der Waals surface area contributed by atoms with E-state index in [2.05, 4.69) is 0 Å². The van der Waals surface area contributed by atoms with Crippen LogP contribution in [-0.4, -0.2) is 10.4 Å². The van der Waals surface area contributed by atoms with Gasteiger partial charge in [-0.2, -0.15) is 0 Å². The molecular formula is C15H13Cl2NO2. The highest BCUT2D eigenvalue weighted by molar-refractivity contribution is 6.35. The summed E-state index contributed by atoms with van der Waals surface area (Å²) < 4.78 is 1.53. The van der Waals surface area contributed by atoms with Crippen molar-refractivity contribution in [3.05, 3.63) is 67.6 Å². The summed E-state index contributed by atoms with van der Waals surface area (Å²) in [6.07, 6.45) is 0. The lowest BCUT2D eigenvalue weighted by molar-refractivity contribution is 0.101. The summed E-state index contributed by atoms with van der Waals surface area (Å²) in [5.41, 5.74) is 1.43. The number of rotatable bonds is 3. The molecule has 0 amide bonds. The number of hydrogen-bond acceptors (Lipinski definition) is 2. The molecule has 0 aliphatic rings. The summed E-state index contributed by atoms with van der Waals surface area (Å²) in [7, 11) is 0. The Morgan fingerprint density at radius 2 is 1.90 bits per heavy atom. The minimum atomic E-state index is -0.302. The van der Waals surface area contributed by atoms with Gasteiger partial charge in [0, 0.05) is 15.7 Å². The van der Waals surface area contributed by atoms with Crippen molar-refractivity contribution < 1.29 is 4.79 Å². The normalized spacial score (nSPS) is 10.6. The molecule has 0 N–H and O–H groups in total. The predicted octanol–water partition coefficient (Wildman–Crippen LogP) is 3.71. The Morgan fingerprint density at radius 3 is 2.50 bits per heavy atom. The second kappa shape index (κ2) is 5.81. The molecule has 1 heterocycles. The van der Waals surface area contributed by atoms with Gasteiger partial charge in [-0.25, -0.2) is 0 Å². The van der Waals surface area contributed by atoms with E-state index in [0.717, 1.165) is 11.3 Å². The summed E-state index contributed by atoms with van der Waals surface area (Å²) in [5.74, 6) is -0.244. The largest absolute Gasteiger partial charge is 0.308 e. The van der Waals surface area contributed by atoms with Crippen molar-refractivity contribution in [2.24, 2.45) is 0 Å². The second-order valence-corrected chi connectivity index (χ2v) is 5.42. The predicted molar refractivity (Wildman–Crippen MR) is 81.0 cm³/mol. The number of carbonyl (C=O) groups excluding carboxylic acids is 1. The Balaban J connectivity index is 2.51. The first-order valence-electron chi connectivity index (χ1n) is 6.05. The van der Waals surface area contributed by atoms with Crippen molar-refractivity contribution in [2.75, 3.05) is 0 Å². The first-order valence-corrected chi connectivity index (χ1v) is 6.81. The number of pyridine rings is 1. The van der Waals surface area contributed by atoms with Gasteiger partial charge in [-0.05, 0) is 43.7 Å². The number of ketones is 1. The lowest BCUT2D eigenvalue weighted by atomic mass is 10.1. The number of Topliss-reactive ketones (excluding diaryl/α,β-unsaturated/α-hetero) is 1. The molecule has 0 spiro atoms. The zero-order valence-corrected chi connectivity index (χ0v) is 12.6. The standard InChI is InChI=1S/C15H13Cl2NO2/c1-9-3-6-13(10(2)19)15(20)18(9)8-11-4-5-12(16)7-14(11)17/h3-7H,8H2,1-2H3. The van der Waals surface area contributed by atoms with Crippen LogP contribution in [0.4, 0.5) is 0 Å². The van der Waals surface area contributed by atoms with Gasteiger partial charge in [0.1, 0.15) is 0 Å². The topological polar surface area (TPSA) is 39.1 Å². The van der Waals surface area contributed by atoms with Crippen molar-refractivity contribution in [2.45, 2.75) is 20.4 Å². The van der Waals surface area contributed by atoms with Crippen LogP contribution in [0.3, 0.4) is 0 Å². The molecule has 5 heteroatoms. The van der Waals surface area contributed by atoms with E-state index in [1.54, 1.807) is 30.3 Å². The van der Waals surface area contributed by atoms with Crippen molar-refractivity contribution in [1.82, 2.24) is 4.57 Å². The molecule has 20 heavy (non-hydrogen) atoms. The maximum atomic E-state index is 12.3. The van der Waals surface area contributed by atoms with Gasteiger partial charge in [0.25, 0.3) is 5.56 Å². The van der Waals surface area contributed by atoms with Gasteiger partial charge in [0.15, 0.2) is 5.78 Å². The summed E-state index contributed by atoms with van der Waals surface area (Å²) in [5, 5.41) is 1.04. The third-order valence-electron chi connectivity index (χ3n) is 3.12. The number of hydrogen-bond donors (Lipinski definition) is 0. The van der Waals surface area contributed by atoms with E-state index in [4.69, 9.17) is 23.2 Å². The maximum absolute atomic E-state index is 12.3. The van der Waals surface area contributed by atoms with Gasteiger partial charge in [-0.1, -0.05) is 29.3 Å². The van der Waals surface area contributed by atoms with E-state index < -0.39 is 0 Å². The average molecular weight is 310 g/mol. The maximum Gasteiger partial charge on any atom is 0.261 e. The molecule has 1 aromatic carbocycles. The molecule has 0 bridgehead atoms. The fourth-order valence-corrected chi connectivity index (χ4v) is 2.42. The quantitative estimate of drug-likeness (QED) is 0.811. The molecule has 2 aromatic rings. The highest BCUT2D eigenvalue weighted by Crippen LogP contribution is 2.21. The van der Waals surface area contributed by atoms with E-state index in [0.29, 0.717) is 16.6 Å². The Bertz CT molecular complexity index is 735. The second-order valence-electron chi connectivity index (χ2n) is 4.57. The number of halogens is 2. The third-order valence-corrected chi connectivity index (χ3v) is 3.70. The highest BCUT2D eigenvalue weighted by atomic mass is 35.5. The van der Waals surface area contributed by atoms with Crippen LogP contribution in [0.1, 0.15) is 28.5 Å². The molecule has 3 nitrogen and oxygen atoms in total. The van der Waals surface area contributed by atoms with E-state index in [9.17, 15) is 9.59 Å². The summed E-state index contributed by atoms with van der Waals surface area (Å²) in [6.45, 7) is 3.50. The Morgan fingerprint density at radius 1 is 1.20 bits per heavy atom. The first kappa shape index (κ1) is 14.8. The van der Waals surface area contributed by atoms with Crippen molar-refractivity contribution in [3.63, 3.8) is 0 Å². The van der Waals surface area contributed by atoms with Gasteiger partial charge < -0.3 is 4.57 Å². The van der Waals surface area contributed by atoms with Gasteiger partial charge in [-0.3, -0.25) is 9.59 Å². The molecule has 0 saturated heterocycles. The van der Waals surface area contributed by atoms with Crippen LogP contribution in [0.15, 0.2) is 35.1 Å². The zero-order valence-electron chi connectivity index (χ0n) is 11.1. The van der Waals surface area contributed by atoms with Crippen LogP contribution in [0.5, 0.6) is 0 Å². The summed E-state index contributed by atoms with van der Waals surface area (Å²) >= 11 is 12.0. The van der Waals surface area contributed by atoms with Crippen LogP contribution in [0.2, 0.25) is 10.0 Å². The molecule has 0 radical (unpaired) electrons. The van der Waals surface area contributed by atoms with Gasteiger partial charge in [-0.15, -0.1) is 0 Å². The molecule has 0 saturated carbocycles. The molecule has 0 fully saturated rings. The zero-order chi connectivity index (χ0) is 14.9. The van der Waals surface area contributed by atoms with E-state index >= 15 is 0 Å². The minimum absolute atomic E-state index is 0.181. The smallest absolute Gasteiger partial charge is 0.261 e. The Hall–Kier alpha value is -1.58. The molecule has 0 aliphatic carbocycles. The first-order chi connectivity index (χ1) is 9.40. The lowest BCUT2D eigenvalue weighted by Gasteiger charge is -2.12. The van der Waals surface area contributed by atoms with E-state index in [1.165, 1.54) is 11.5 Å². The molecule has 0 aliphatic heterocycles. The van der Waals surface area contributed by atoms with Gasteiger partial charge in [0.2, 0.25) is 0 Å². The highest BCUT2D eigenvalue weighted by Gasteiger charge is 2.11. The van der Waals surface area contributed by atoms with Crippen molar-refractivity contribution >= 4 is 29.0 Å². The van der Waals surface area contributed by atoms with Crippen molar-refractivity contribution in [3.8, 4) is 0 Å². The number of benzene rings is 1. The number of aromatic nitrogens is 1. The number of nitrogens with zero attached hydrogens (tertiary/aromatic N) is 1. The molecular weight excluding hydrogens is 297 g/mol. The number of carbonyl (C=O) groups is 1. The third kappa shape index (κ3) is 2.94. The molecule has 2 rings (SSSR count). The van der Waals surface area contributed by atoms with Crippen LogP contribution in [-0.2, 0) is 6.54 Å². The van der Waals surface area contributed by atoms with E-state index in [-0.39, 0.29) is 16.9 Å². The molecule has 0 atom stereocenters. The van der Waals surface area contributed by atoms with Crippen molar-refractivity contribution in [1.29, 1.82) is 0 Å². The molecule has 104 valence electrons. The van der Waals surface area contributed by atoms with Crippen LogP contribution in [0, 0.1) is 6.92 Å². The Labute approximate surface area is 126 Å². The average Bonchev–Trinajstić information content (AvgIpc) is 2.36. The van der Waals surface area contributed by atoms with Crippen LogP contribution in [0.25, 0.3) is 0 Å². The van der Waals surface area contributed by atoms with Crippen LogP contribution < -0.4 is 5.56 Å². The van der Waals surface area contributed by atoms with E-state index in [1.807, 2.05) is 6.92 Å². The minimum Gasteiger partial charge on any atom is -0.308 e. The summed E-state index contributed by atoms with van der Waals surface area (Å²) in [6, 6.07) is 8.44. The monoisotopic (exact) mass is 309 g/mol. The SMILES string of the molecule is CC(=O)c1ccc(C)n(Cc2ccc(Cl)cc2Cl)c1=O. The fraction of sp³-hybridized carbons (Fsp3) is 0.200. The van der Waals surface area contributed by atoms with Crippen LogP contribution >= 0.6 is 23.2 Å². The number of aryl methyl sites for hydroxylation is 1. The summed E-state index contributed by atoms with van der Waals surface area (Å²) in [4.78, 5) is 23.7. The Kier molecular flexibility index (Phi) is 4.31. The van der Waals surface area contributed by atoms with Gasteiger partial charge >= 0.3 is 0 Å².